The van der Waals surface area contributed by atoms with E-state index >= 15 is 0 Å². The summed E-state index contributed by atoms with van der Waals surface area (Å²) in [5.74, 6) is -0.163. The van der Waals surface area contributed by atoms with Crippen molar-refractivity contribution in [3.63, 3.8) is 0 Å². The number of carbonyl (C=O) groups is 1. The van der Waals surface area contributed by atoms with Crippen LogP contribution in [-0.4, -0.2) is 10.8 Å². The maximum Gasteiger partial charge on any atom is 0.149 e. The van der Waals surface area contributed by atoms with Gasteiger partial charge >= 0.3 is 0 Å². The smallest absolute Gasteiger partial charge is 0.149 e. The van der Waals surface area contributed by atoms with E-state index < -0.39 is 5.41 Å². The van der Waals surface area contributed by atoms with Crippen molar-refractivity contribution < 1.29 is 9.18 Å². The predicted molar refractivity (Wildman–Crippen MR) is 113 cm³/mol. The molecule has 0 fully saturated rings. The van der Waals surface area contributed by atoms with Gasteiger partial charge in [0.2, 0.25) is 0 Å². The van der Waals surface area contributed by atoms with Crippen molar-refractivity contribution >= 4 is 16.7 Å². The maximum atomic E-state index is 13.9. The molecule has 144 valence electrons. The molecular weight excluding hydrogens is 349 g/mol. The average Bonchev–Trinajstić information content (AvgIpc) is 2.68. The summed E-state index contributed by atoms with van der Waals surface area (Å²) in [4.78, 5) is 17.7. The summed E-state index contributed by atoms with van der Waals surface area (Å²) in [6.07, 6.45) is 3.99. The van der Waals surface area contributed by atoms with E-state index in [-0.39, 0.29) is 18.0 Å². The van der Waals surface area contributed by atoms with Gasteiger partial charge in [-0.2, -0.15) is 0 Å². The van der Waals surface area contributed by atoms with Gasteiger partial charge < -0.3 is 0 Å². The number of halogens is 1. The van der Waals surface area contributed by atoms with Crippen molar-refractivity contribution in [3.05, 3.63) is 89.9 Å². The van der Waals surface area contributed by atoms with Crippen molar-refractivity contribution in [1.29, 1.82) is 0 Å². The fraction of sp³-hybridized carbons (Fsp3) is 0.280. The second-order valence-corrected chi connectivity index (χ2v) is 7.69. The van der Waals surface area contributed by atoms with Crippen molar-refractivity contribution in [3.8, 4) is 0 Å². The molecule has 0 N–H and O–H groups in total. The number of hydrogen-bond acceptors (Lipinski definition) is 2. The van der Waals surface area contributed by atoms with Crippen LogP contribution in [0.1, 0.15) is 37.8 Å². The van der Waals surface area contributed by atoms with Crippen molar-refractivity contribution in [1.82, 2.24) is 4.98 Å². The van der Waals surface area contributed by atoms with Gasteiger partial charge in [-0.1, -0.05) is 55.0 Å². The zero-order valence-electron chi connectivity index (χ0n) is 16.5. The Morgan fingerprint density at radius 3 is 2.54 bits per heavy atom. The van der Waals surface area contributed by atoms with Crippen LogP contribution >= 0.6 is 0 Å². The van der Waals surface area contributed by atoms with Crippen LogP contribution in [-0.2, 0) is 17.6 Å². The average molecular weight is 375 g/mol. The molecule has 0 aliphatic carbocycles. The summed E-state index contributed by atoms with van der Waals surface area (Å²) < 4.78 is 13.9. The Hall–Kier alpha value is -2.81. The molecule has 0 saturated heterocycles. The van der Waals surface area contributed by atoms with Crippen LogP contribution in [0.5, 0.6) is 0 Å². The van der Waals surface area contributed by atoms with E-state index in [2.05, 4.69) is 30.6 Å². The molecule has 1 unspecified atom stereocenters. The summed E-state index contributed by atoms with van der Waals surface area (Å²) in [6.45, 7) is 8.11. The molecule has 0 spiro atoms. The third-order valence-electron chi connectivity index (χ3n) is 5.38. The number of nitrogens with zero attached hydrogens (tertiary/aromatic N) is 1. The number of aromatic nitrogens is 1. The fourth-order valence-corrected chi connectivity index (χ4v) is 3.91. The van der Waals surface area contributed by atoms with Gasteiger partial charge in [0, 0.05) is 23.4 Å². The molecule has 1 heterocycles. The van der Waals surface area contributed by atoms with Crippen molar-refractivity contribution in [2.75, 3.05) is 0 Å². The van der Waals surface area contributed by atoms with Gasteiger partial charge in [0.1, 0.15) is 17.1 Å². The first-order chi connectivity index (χ1) is 13.4. The predicted octanol–water partition coefficient (Wildman–Crippen LogP) is 6.09. The Morgan fingerprint density at radius 2 is 1.86 bits per heavy atom. The summed E-state index contributed by atoms with van der Waals surface area (Å²) in [5.41, 5.74) is 2.81. The van der Waals surface area contributed by atoms with Gasteiger partial charge in [-0.05, 0) is 49.4 Å². The molecule has 28 heavy (non-hydrogen) atoms. The standard InChI is InChI=1S/C25H26FNO/c1-4-25(15-18(2)3,16-19-9-6-5-7-10-19)23(28)14-20-13-21-11-8-12-22(26)24(21)27-17-20/h5-13,17H,2,4,14-16H2,1,3H3. The SMILES string of the molecule is C=C(C)CC(CC)(Cc1ccccc1)C(=O)Cc1cnc2c(F)cccc2c1. The Morgan fingerprint density at radius 1 is 1.11 bits per heavy atom. The molecule has 0 aliphatic heterocycles. The highest BCUT2D eigenvalue weighted by Crippen LogP contribution is 2.36. The lowest BCUT2D eigenvalue weighted by Gasteiger charge is -2.32. The molecule has 0 aliphatic rings. The molecule has 3 heteroatoms. The first kappa shape index (κ1) is 19.9. The number of hydrogen-bond donors (Lipinski definition) is 0. The lowest BCUT2D eigenvalue weighted by molar-refractivity contribution is -0.128. The van der Waals surface area contributed by atoms with Gasteiger partial charge in [-0.25, -0.2) is 4.39 Å². The minimum atomic E-state index is -0.496. The lowest BCUT2D eigenvalue weighted by atomic mass is 9.70. The molecule has 2 aromatic carbocycles. The van der Waals surface area contributed by atoms with Crippen LogP contribution in [0.4, 0.5) is 4.39 Å². The van der Waals surface area contributed by atoms with E-state index in [1.54, 1.807) is 12.3 Å². The first-order valence-corrected chi connectivity index (χ1v) is 9.68. The van der Waals surface area contributed by atoms with Gasteiger partial charge in [-0.3, -0.25) is 9.78 Å². The van der Waals surface area contributed by atoms with Gasteiger partial charge in [-0.15, -0.1) is 6.58 Å². The van der Waals surface area contributed by atoms with E-state index in [4.69, 9.17) is 0 Å². The normalized spacial score (nSPS) is 13.2. The monoisotopic (exact) mass is 375 g/mol. The number of para-hydroxylation sites is 1. The van der Waals surface area contributed by atoms with Crippen LogP contribution in [0.2, 0.25) is 0 Å². The summed E-state index contributed by atoms with van der Waals surface area (Å²) in [6, 6.07) is 16.9. The van der Waals surface area contributed by atoms with E-state index in [1.165, 1.54) is 6.07 Å². The van der Waals surface area contributed by atoms with E-state index in [0.29, 0.717) is 18.4 Å². The Kier molecular flexibility index (Phi) is 6.03. The van der Waals surface area contributed by atoms with Crippen molar-refractivity contribution in [2.45, 2.75) is 39.5 Å². The Bertz CT molecular complexity index is 996. The number of carbonyl (C=O) groups excluding carboxylic acids is 1. The zero-order chi connectivity index (χ0) is 20.1. The highest BCUT2D eigenvalue weighted by molar-refractivity contribution is 5.88. The maximum absolute atomic E-state index is 13.9. The summed E-state index contributed by atoms with van der Waals surface area (Å²) in [5, 5.41) is 0.718. The van der Waals surface area contributed by atoms with Crippen LogP contribution in [0.25, 0.3) is 10.9 Å². The van der Waals surface area contributed by atoms with E-state index in [0.717, 1.165) is 28.5 Å². The fourth-order valence-electron chi connectivity index (χ4n) is 3.91. The van der Waals surface area contributed by atoms with E-state index in [1.807, 2.05) is 37.3 Å². The molecule has 0 radical (unpaired) electrons. The summed E-state index contributed by atoms with van der Waals surface area (Å²) >= 11 is 0. The van der Waals surface area contributed by atoms with Crippen LogP contribution in [0, 0.1) is 11.2 Å². The number of pyridine rings is 1. The molecule has 0 saturated carbocycles. The van der Waals surface area contributed by atoms with Crippen LogP contribution < -0.4 is 0 Å². The molecule has 3 rings (SSSR count). The number of rotatable bonds is 8. The number of fused-ring (bicyclic) bond motifs is 1. The topological polar surface area (TPSA) is 30.0 Å². The largest absolute Gasteiger partial charge is 0.299 e. The molecule has 1 atom stereocenters. The number of ketones is 1. The first-order valence-electron chi connectivity index (χ1n) is 9.68. The van der Waals surface area contributed by atoms with Gasteiger partial charge in [0.15, 0.2) is 0 Å². The summed E-state index contributed by atoms with van der Waals surface area (Å²) in [7, 11) is 0. The zero-order valence-corrected chi connectivity index (χ0v) is 16.5. The minimum Gasteiger partial charge on any atom is -0.299 e. The molecule has 2 nitrogen and oxygen atoms in total. The number of allylic oxidation sites excluding steroid dienone is 1. The highest BCUT2D eigenvalue weighted by Gasteiger charge is 2.36. The third kappa shape index (κ3) is 4.36. The third-order valence-corrected chi connectivity index (χ3v) is 5.38. The number of Topliss-reactive ketones (excluding diaryl/α,β-unsaturated/α-hetero) is 1. The second-order valence-electron chi connectivity index (χ2n) is 7.69. The molecular formula is C25H26FNO. The quantitative estimate of drug-likeness (QED) is 0.446. The van der Waals surface area contributed by atoms with Gasteiger partial charge in [0.05, 0.1) is 0 Å². The lowest BCUT2D eigenvalue weighted by Crippen LogP contribution is -2.34. The molecule has 1 aromatic heterocycles. The van der Waals surface area contributed by atoms with Crippen LogP contribution in [0.3, 0.4) is 0 Å². The molecule has 0 bridgehead atoms. The Labute approximate surface area is 166 Å². The molecule has 0 amide bonds. The van der Waals surface area contributed by atoms with Crippen LogP contribution in [0.15, 0.2) is 72.9 Å². The minimum absolute atomic E-state index is 0.180. The second kappa shape index (κ2) is 8.47. The van der Waals surface area contributed by atoms with Gasteiger partial charge in [0.25, 0.3) is 0 Å². The van der Waals surface area contributed by atoms with Crippen molar-refractivity contribution in [2.24, 2.45) is 5.41 Å². The molecule has 3 aromatic rings. The highest BCUT2D eigenvalue weighted by atomic mass is 19.1. The van der Waals surface area contributed by atoms with E-state index in [9.17, 15) is 9.18 Å². The number of benzene rings is 2. The Balaban J connectivity index is 1.91.